The van der Waals surface area contributed by atoms with Crippen LogP contribution in [0.15, 0.2) is 30.3 Å². The number of amides is 3. The first-order valence-corrected chi connectivity index (χ1v) is 8.71. The number of esters is 1. The van der Waals surface area contributed by atoms with E-state index in [1.54, 1.807) is 13.8 Å². The third kappa shape index (κ3) is 5.40. The van der Waals surface area contributed by atoms with Crippen molar-refractivity contribution in [1.29, 1.82) is 0 Å². The summed E-state index contributed by atoms with van der Waals surface area (Å²) in [6.07, 6.45) is 1.12. The standard InChI is InChI=1S/C19H24N2O5/c1-13(2)18(20-15(22)11-14-7-4-3-5-8-14)19(25)26-12-17(24)21-10-6-9-16(21)23/h3-5,7-8,13,18H,6,9-12H2,1-2H3,(H,20,22)/t18-/m0/s1. The number of carbonyl (C=O) groups excluding carboxylic acids is 4. The summed E-state index contributed by atoms with van der Waals surface area (Å²) in [5, 5.41) is 2.66. The first kappa shape index (κ1) is 19.6. The molecule has 0 radical (unpaired) electrons. The van der Waals surface area contributed by atoms with Crippen molar-refractivity contribution in [2.45, 2.75) is 39.2 Å². The molecule has 1 saturated heterocycles. The van der Waals surface area contributed by atoms with E-state index in [1.165, 1.54) is 0 Å². The number of nitrogens with zero attached hydrogens (tertiary/aromatic N) is 1. The number of carbonyl (C=O) groups is 4. The van der Waals surface area contributed by atoms with Gasteiger partial charge in [-0.2, -0.15) is 0 Å². The minimum Gasteiger partial charge on any atom is -0.454 e. The van der Waals surface area contributed by atoms with Gasteiger partial charge in [0.2, 0.25) is 11.8 Å². The highest BCUT2D eigenvalue weighted by Crippen LogP contribution is 2.11. The number of imide groups is 1. The van der Waals surface area contributed by atoms with E-state index >= 15 is 0 Å². The van der Waals surface area contributed by atoms with Crippen molar-refractivity contribution in [3.8, 4) is 0 Å². The number of rotatable bonds is 7. The lowest BCUT2D eigenvalue weighted by atomic mass is 10.0. The molecule has 0 bridgehead atoms. The molecule has 1 atom stereocenters. The molecular weight excluding hydrogens is 336 g/mol. The summed E-state index contributed by atoms with van der Waals surface area (Å²) in [5.74, 6) is -1.96. The summed E-state index contributed by atoms with van der Waals surface area (Å²) in [5.41, 5.74) is 0.837. The molecule has 1 aliphatic rings. The predicted molar refractivity (Wildman–Crippen MR) is 93.8 cm³/mol. The molecule has 2 rings (SSSR count). The molecule has 26 heavy (non-hydrogen) atoms. The van der Waals surface area contributed by atoms with Gasteiger partial charge >= 0.3 is 5.97 Å². The van der Waals surface area contributed by atoms with E-state index in [0.29, 0.717) is 19.4 Å². The molecule has 0 aromatic heterocycles. The van der Waals surface area contributed by atoms with E-state index in [2.05, 4.69) is 5.32 Å². The van der Waals surface area contributed by atoms with E-state index in [9.17, 15) is 19.2 Å². The topological polar surface area (TPSA) is 92.8 Å². The zero-order chi connectivity index (χ0) is 19.1. The average molecular weight is 360 g/mol. The summed E-state index contributed by atoms with van der Waals surface area (Å²) >= 11 is 0. The van der Waals surface area contributed by atoms with Gasteiger partial charge in [0.15, 0.2) is 6.61 Å². The van der Waals surface area contributed by atoms with E-state index in [-0.39, 0.29) is 24.2 Å². The van der Waals surface area contributed by atoms with Gasteiger partial charge < -0.3 is 10.1 Å². The van der Waals surface area contributed by atoms with Crippen molar-refractivity contribution < 1.29 is 23.9 Å². The second-order valence-corrected chi connectivity index (χ2v) is 6.60. The van der Waals surface area contributed by atoms with Gasteiger partial charge in [0.1, 0.15) is 6.04 Å². The Morgan fingerprint density at radius 3 is 2.46 bits per heavy atom. The summed E-state index contributed by atoms with van der Waals surface area (Å²) in [6.45, 7) is 3.42. The second kappa shape index (κ2) is 9.12. The van der Waals surface area contributed by atoms with E-state index < -0.39 is 24.5 Å². The Hall–Kier alpha value is -2.70. The maximum atomic E-state index is 12.3. The fourth-order valence-electron chi connectivity index (χ4n) is 2.72. The monoisotopic (exact) mass is 360 g/mol. The van der Waals surface area contributed by atoms with E-state index in [1.807, 2.05) is 30.3 Å². The van der Waals surface area contributed by atoms with Crippen LogP contribution in [0.1, 0.15) is 32.3 Å². The largest absolute Gasteiger partial charge is 0.454 e. The first-order chi connectivity index (χ1) is 12.4. The zero-order valence-corrected chi connectivity index (χ0v) is 15.1. The van der Waals surface area contributed by atoms with Crippen molar-refractivity contribution in [3.05, 3.63) is 35.9 Å². The van der Waals surface area contributed by atoms with Crippen LogP contribution in [0.3, 0.4) is 0 Å². The molecule has 1 N–H and O–H groups in total. The van der Waals surface area contributed by atoms with Crippen LogP contribution in [0.25, 0.3) is 0 Å². The second-order valence-electron chi connectivity index (χ2n) is 6.60. The Bertz CT molecular complexity index is 672. The number of hydrogen-bond acceptors (Lipinski definition) is 5. The molecule has 1 aromatic carbocycles. The van der Waals surface area contributed by atoms with Gasteiger partial charge in [0.25, 0.3) is 5.91 Å². The highest BCUT2D eigenvalue weighted by molar-refractivity contribution is 5.98. The quantitative estimate of drug-likeness (QED) is 0.734. The number of ether oxygens (including phenoxy) is 1. The number of likely N-dealkylation sites (tertiary alicyclic amines) is 1. The minimum absolute atomic E-state index is 0.151. The van der Waals surface area contributed by atoms with Crippen LogP contribution in [0.5, 0.6) is 0 Å². The van der Waals surface area contributed by atoms with Crippen LogP contribution in [-0.4, -0.2) is 47.8 Å². The first-order valence-electron chi connectivity index (χ1n) is 8.71. The Morgan fingerprint density at radius 1 is 1.19 bits per heavy atom. The van der Waals surface area contributed by atoms with Crippen LogP contribution in [0, 0.1) is 5.92 Å². The molecule has 1 fully saturated rings. The molecule has 3 amide bonds. The van der Waals surface area contributed by atoms with Crippen molar-refractivity contribution in [1.82, 2.24) is 10.2 Å². The van der Waals surface area contributed by atoms with Crippen LogP contribution in [0.2, 0.25) is 0 Å². The van der Waals surface area contributed by atoms with Gasteiger partial charge in [-0.15, -0.1) is 0 Å². The molecule has 0 unspecified atom stereocenters. The molecule has 140 valence electrons. The molecule has 0 aliphatic carbocycles. The molecule has 0 spiro atoms. The van der Waals surface area contributed by atoms with Crippen LogP contribution in [0.4, 0.5) is 0 Å². The molecule has 7 heteroatoms. The molecular formula is C19H24N2O5. The van der Waals surface area contributed by atoms with Crippen LogP contribution >= 0.6 is 0 Å². The average Bonchev–Trinajstić information content (AvgIpc) is 3.04. The third-order valence-corrected chi connectivity index (χ3v) is 4.16. The Balaban J connectivity index is 1.87. The Labute approximate surface area is 152 Å². The number of hydrogen-bond donors (Lipinski definition) is 1. The smallest absolute Gasteiger partial charge is 0.329 e. The summed E-state index contributed by atoms with van der Waals surface area (Å²) < 4.78 is 5.04. The van der Waals surface area contributed by atoms with Gasteiger partial charge in [0, 0.05) is 13.0 Å². The lowest BCUT2D eigenvalue weighted by molar-refractivity contribution is -0.157. The SMILES string of the molecule is CC(C)[C@H](NC(=O)Cc1ccccc1)C(=O)OCC(=O)N1CCCC1=O. The van der Waals surface area contributed by atoms with Crippen molar-refractivity contribution in [2.24, 2.45) is 5.92 Å². The van der Waals surface area contributed by atoms with E-state index in [0.717, 1.165) is 10.5 Å². The predicted octanol–water partition coefficient (Wildman–Crippen LogP) is 1.06. The van der Waals surface area contributed by atoms with Crippen molar-refractivity contribution >= 4 is 23.7 Å². The fourth-order valence-corrected chi connectivity index (χ4v) is 2.72. The molecule has 1 aliphatic heterocycles. The Morgan fingerprint density at radius 2 is 1.88 bits per heavy atom. The minimum atomic E-state index is -0.853. The summed E-state index contributed by atoms with van der Waals surface area (Å²) in [6, 6.07) is 8.33. The van der Waals surface area contributed by atoms with Gasteiger partial charge in [-0.05, 0) is 17.9 Å². The molecule has 1 heterocycles. The summed E-state index contributed by atoms with van der Waals surface area (Å²) in [4.78, 5) is 49.1. The van der Waals surface area contributed by atoms with Gasteiger partial charge in [0.05, 0.1) is 6.42 Å². The lowest BCUT2D eigenvalue weighted by Gasteiger charge is -2.21. The van der Waals surface area contributed by atoms with Gasteiger partial charge in [-0.25, -0.2) is 4.79 Å². The highest BCUT2D eigenvalue weighted by atomic mass is 16.5. The Kier molecular flexibility index (Phi) is 6.89. The van der Waals surface area contributed by atoms with E-state index in [4.69, 9.17) is 4.74 Å². The molecule has 0 saturated carbocycles. The normalized spacial score (nSPS) is 15.0. The highest BCUT2D eigenvalue weighted by Gasteiger charge is 2.30. The van der Waals surface area contributed by atoms with Crippen LogP contribution in [-0.2, 0) is 30.3 Å². The number of nitrogens with one attached hydrogen (secondary N) is 1. The molecule has 7 nitrogen and oxygen atoms in total. The van der Waals surface area contributed by atoms with Crippen molar-refractivity contribution in [2.75, 3.05) is 13.2 Å². The van der Waals surface area contributed by atoms with Gasteiger partial charge in [-0.1, -0.05) is 44.2 Å². The van der Waals surface area contributed by atoms with Crippen molar-refractivity contribution in [3.63, 3.8) is 0 Å². The van der Waals surface area contributed by atoms with Crippen LogP contribution < -0.4 is 5.32 Å². The third-order valence-electron chi connectivity index (χ3n) is 4.16. The molecule has 1 aromatic rings. The lowest BCUT2D eigenvalue weighted by Crippen LogP contribution is -2.47. The fraction of sp³-hybridized carbons (Fsp3) is 0.474. The zero-order valence-electron chi connectivity index (χ0n) is 15.1. The number of benzene rings is 1. The maximum Gasteiger partial charge on any atom is 0.329 e. The van der Waals surface area contributed by atoms with Gasteiger partial charge in [-0.3, -0.25) is 19.3 Å². The maximum absolute atomic E-state index is 12.3. The summed E-state index contributed by atoms with van der Waals surface area (Å²) in [7, 11) is 0.